The summed E-state index contributed by atoms with van der Waals surface area (Å²) in [5.74, 6) is 1.20. The normalized spacial score (nSPS) is 10.4. The molecule has 2 N–H and O–H groups in total. The number of benzene rings is 2. The molecule has 0 aliphatic carbocycles. The van der Waals surface area contributed by atoms with Gasteiger partial charge in [-0.25, -0.2) is 4.39 Å². The van der Waals surface area contributed by atoms with Gasteiger partial charge in [-0.1, -0.05) is 19.1 Å². The molecule has 0 saturated heterocycles. The van der Waals surface area contributed by atoms with Crippen LogP contribution in [0.25, 0.3) is 0 Å². The summed E-state index contributed by atoms with van der Waals surface area (Å²) in [6.45, 7) is 3.27. The van der Waals surface area contributed by atoms with E-state index in [1.807, 2.05) is 30.3 Å². The van der Waals surface area contributed by atoms with Gasteiger partial charge in [0.25, 0.3) is 0 Å². The molecule has 0 radical (unpaired) electrons. The Morgan fingerprint density at radius 1 is 1.00 bits per heavy atom. The van der Waals surface area contributed by atoms with E-state index in [4.69, 9.17) is 15.2 Å². The van der Waals surface area contributed by atoms with Gasteiger partial charge in [0.1, 0.15) is 23.9 Å². The van der Waals surface area contributed by atoms with Gasteiger partial charge in [0.15, 0.2) is 0 Å². The number of hydrogen-bond donors (Lipinski definition) is 1. The van der Waals surface area contributed by atoms with E-state index in [1.54, 1.807) is 6.07 Å². The lowest BCUT2D eigenvalue weighted by atomic mass is 10.1. The zero-order chi connectivity index (χ0) is 15.1. The van der Waals surface area contributed by atoms with Crippen LogP contribution >= 0.6 is 0 Å². The van der Waals surface area contributed by atoms with Gasteiger partial charge >= 0.3 is 0 Å². The minimum absolute atomic E-state index is 0.186. The van der Waals surface area contributed by atoms with Crippen LogP contribution in [0.3, 0.4) is 0 Å². The summed E-state index contributed by atoms with van der Waals surface area (Å²) in [4.78, 5) is 0. The number of ether oxygens (including phenoxy) is 2. The highest BCUT2D eigenvalue weighted by atomic mass is 19.1. The average Bonchev–Trinajstić information content (AvgIpc) is 2.52. The van der Waals surface area contributed by atoms with E-state index >= 15 is 0 Å². The Kier molecular flexibility index (Phi) is 5.58. The second-order valence-corrected chi connectivity index (χ2v) is 4.74. The Bertz CT molecular complexity index is 570. The van der Waals surface area contributed by atoms with Crippen molar-refractivity contribution in [1.29, 1.82) is 0 Å². The largest absolute Gasteiger partial charge is 0.494 e. The molecule has 0 bridgehead atoms. The molecule has 2 rings (SSSR count). The van der Waals surface area contributed by atoms with Gasteiger partial charge < -0.3 is 15.2 Å². The Hall–Kier alpha value is -2.07. The Morgan fingerprint density at radius 2 is 1.67 bits per heavy atom. The van der Waals surface area contributed by atoms with Crippen molar-refractivity contribution in [3.63, 3.8) is 0 Å². The van der Waals surface area contributed by atoms with Crippen LogP contribution in [0, 0.1) is 5.82 Å². The predicted octanol–water partition coefficient (Wildman–Crippen LogP) is 3.65. The highest BCUT2D eigenvalue weighted by Crippen LogP contribution is 2.19. The third-order valence-electron chi connectivity index (χ3n) is 3.04. The number of halogens is 1. The lowest BCUT2D eigenvalue weighted by Crippen LogP contribution is -2.02. The van der Waals surface area contributed by atoms with Crippen molar-refractivity contribution >= 4 is 0 Å². The first-order chi connectivity index (χ1) is 10.2. The molecular weight excluding hydrogens is 269 g/mol. The molecule has 0 saturated carbocycles. The summed E-state index contributed by atoms with van der Waals surface area (Å²) in [6.07, 6.45) is 0.969. The van der Waals surface area contributed by atoms with Crippen LogP contribution in [-0.4, -0.2) is 6.61 Å². The highest BCUT2D eigenvalue weighted by Gasteiger charge is 2.04. The molecule has 0 aromatic heterocycles. The maximum absolute atomic E-state index is 13.8. The van der Waals surface area contributed by atoms with Gasteiger partial charge in [-0.2, -0.15) is 0 Å². The van der Waals surface area contributed by atoms with E-state index in [0.717, 1.165) is 17.7 Å². The maximum atomic E-state index is 13.8. The van der Waals surface area contributed by atoms with Crippen LogP contribution in [0.15, 0.2) is 42.5 Å². The standard InChI is InChI=1S/C17H20FNO2/c1-2-9-20-15-5-7-16(8-6-15)21-12-14-4-3-13(11-19)10-17(14)18/h3-8,10H,2,9,11-12,19H2,1H3. The summed E-state index contributed by atoms with van der Waals surface area (Å²) in [6, 6.07) is 12.3. The van der Waals surface area contributed by atoms with Crippen LogP contribution in [0.1, 0.15) is 24.5 Å². The Labute approximate surface area is 124 Å². The molecule has 0 spiro atoms. The van der Waals surface area contributed by atoms with E-state index in [-0.39, 0.29) is 12.4 Å². The monoisotopic (exact) mass is 289 g/mol. The molecular formula is C17H20FNO2. The van der Waals surface area contributed by atoms with E-state index in [9.17, 15) is 4.39 Å². The van der Waals surface area contributed by atoms with Crippen LogP contribution in [0.4, 0.5) is 4.39 Å². The minimum atomic E-state index is -0.291. The van der Waals surface area contributed by atoms with E-state index in [1.165, 1.54) is 6.07 Å². The molecule has 0 aliphatic rings. The Morgan fingerprint density at radius 3 is 2.24 bits per heavy atom. The molecule has 0 amide bonds. The summed E-state index contributed by atoms with van der Waals surface area (Å²) in [5, 5.41) is 0. The molecule has 0 atom stereocenters. The molecule has 4 heteroatoms. The number of nitrogens with two attached hydrogens (primary N) is 1. The fraction of sp³-hybridized carbons (Fsp3) is 0.294. The third-order valence-corrected chi connectivity index (χ3v) is 3.04. The fourth-order valence-electron chi connectivity index (χ4n) is 1.85. The second-order valence-electron chi connectivity index (χ2n) is 4.74. The molecule has 0 fully saturated rings. The maximum Gasteiger partial charge on any atom is 0.130 e. The zero-order valence-electron chi connectivity index (χ0n) is 12.1. The highest BCUT2D eigenvalue weighted by molar-refractivity contribution is 5.32. The number of rotatable bonds is 7. The first kappa shape index (κ1) is 15.3. The number of hydrogen-bond acceptors (Lipinski definition) is 3. The smallest absolute Gasteiger partial charge is 0.130 e. The average molecular weight is 289 g/mol. The summed E-state index contributed by atoms with van der Waals surface area (Å²) < 4.78 is 24.9. The van der Waals surface area contributed by atoms with Crippen LogP contribution in [0.2, 0.25) is 0 Å². The predicted molar refractivity (Wildman–Crippen MR) is 80.9 cm³/mol. The molecule has 2 aromatic carbocycles. The van der Waals surface area contributed by atoms with Gasteiger partial charge in [-0.05, 0) is 42.3 Å². The van der Waals surface area contributed by atoms with Gasteiger partial charge in [0.2, 0.25) is 0 Å². The quantitative estimate of drug-likeness (QED) is 0.846. The van der Waals surface area contributed by atoms with Gasteiger partial charge in [0.05, 0.1) is 6.61 Å². The van der Waals surface area contributed by atoms with Crippen molar-refractivity contribution < 1.29 is 13.9 Å². The van der Waals surface area contributed by atoms with Crippen molar-refractivity contribution in [2.45, 2.75) is 26.5 Å². The molecule has 112 valence electrons. The van der Waals surface area contributed by atoms with Gasteiger partial charge in [-0.15, -0.1) is 0 Å². The van der Waals surface area contributed by atoms with Crippen molar-refractivity contribution in [2.24, 2.45) is 5.73 Å². The van der Waals surface area contributed by atoms with Crippen molar-refractivity contribution in [2.75, 3.05) is 6.61 Å². The van der Waals surface area contributed by atoms with Crippen LogP contribution < -0.4 is 15.2 Å². The van der Waals surface area contributed by atoms with Crippen LogP contribution in [-0.2, 0) is 13.2 Å². The molecule has 0 unspecified atom stereocenters. The van der Waals surface area contributed by atoms with Crippen molar-refractivity contribution in [1.82, 2.24) is 0 Å². The second kappa shape index (κ2) is 7.64. The molecule has 0 aliphatic heterocycles. The Balaban J connectivity index is 1.93. The fourth-order valence-corrected chi connectivity index (χ4v) is 1.85. The van der Waals surface area contributed by atoms with E-state index < -0.39 is 0 Å². The molecule has 3 nitrogen and oxygen atoms in total. The lowest BCUT2D eigenvalue weighted by Gasteiger charge is -2.09. The lowest BCUT2D eigenvalue weighted by molar-refractivity contribution is 0.296. The zero-order valence-corrected chi connectivity index (χ0v) is 12.1. The first-order valence-electron chi connectivity index (χ1n) is 7.06. The van der Waals surface area contributed by atoms with Gasteiger partial charge in [-0.3, -0.25) is 0 Å². The molecule has 2 aromatic rings. The van der Waals surface area contributed by atoms with Gasteiger partial charge in [0, 0.05) is 12.1 Å². The van der Waals surface area contributed by atoms with E-state index in [0.29, 0.717) is 24.5 Å². The molecule has 21 heavy (non-hydrogen) atoms. The summed E-state index contributed by atoms with van der Waals surface area (Å²) in [7, 11) is 0. The first-order valence-corrected chi connectivity index (χ1v) is 7.06. The summed E-state index contributed by atoms with van der Waals surface area (Å²) >= 11 is 0. The van der Waals surface area contributed by atoms with Crippen molar-refractivity contribution in [3.8, 4) is 11.5 Å². The minimum Gasteiger partial charge on any atom is -0.494 e. The third kappa shape index (κ3) is 4.46. The van der Waals surface area contributed by atoms with Crippen molar-refractivity contribution in [3.05, 3.63) is 59.4 Å². The molecule has 0 heterocycles. The summed E-state index contributed by atoms with van der Waals surface area (Å²) in [5.41, 5.74) is 6.76. The topological polar surface area (TPSA) is 44.5 Å². The SMILES string of the molecule is CCCOc1ccc(OCc2ccc(CN)cc2F)cc1. The van der Waals surface area contributed by atoms with Crippen LogP contribution in [0.5, 0.6) is 11.5 Å². The van der Waals surface area contributed by atoms with E-state index in [2.05, 4.69) is 6.92 Å².